The van der Waals surface area contributed by atoms with Crippen LogP contribution in [0.1, 0.15) is 6.92 Å². The maximum Gasteiger partial charge on any atom is 0.265 e. The van der Waals surface area contributed by atoms with Gasteiger partial charge in [-0.15, -0.1) is 0 Å². The van der Waals surface area contributed by atoms with Crippen LogP contribution < -0.4 is 19.7 Å². The summed E-state index contributed by atoms with van der Waals surface area (Å²) in [5.74, 6) is 0.753. The summed E-state index contributed by atoms with van der Waals surface area (Å²) in [6, 6.07) is 10.5. The molecule has 0 saturated carbocycles. The van der Waals surface area contributed by atoms with E-state index in [0.717, 1.165) is 18.8 Å². The topological polar surface area (TPSA) is 60.0 Å². The SMILES string of the molecule is COc1ccc(N2CCOCC2)c(NC(=O)[C@@H](C)Oc2ccc(Cl)cc2Cl)c1. The lowest BCUT2D eigenvalue weighted by Gasteiger charge is -2.31. The number of ether oxygens (including phenoxy) is 3. The Bertz CT molecular complexity index is 841. The molecule has 0 radical (unpaired) electrons. The van der Waals surface area contributed by atoms with Crippen molar-refractivity contribution in [2.24, 2.45) is 0 Å². The number of carbonyl (C=O) groups is 1. The number of nitrogens with zero attached hydrogens (tertiary/aromatic N) is 1. The van der Waals surface area contributed by atoms with E-state index in [4.69, 9.17) is 37.4 Å². The Hall–Kier alpha value is -2.15. The maximum atomic E-state index is 12.7. The van der Waals surface area contributed by atoms with Gasteiger partial charge in [0.1, 0.15) is 11.5 Å². The highest BCUT2D eigenvalue weighted by Crippen LogP contribution is 2.32. The Morgan fingerprint density at radius 1 is 1.18 bits per heavy atom. The van der Waals surface area contributed by atoms with Gasteiger partial charge in [0.15, 0.2) is 6.10 Å². The second kappa shape index (κ2) is 9.37. The van der Waals surface area contributed by atoms with Crippen LogP contribution in [0, 0.1) is 0 Å². The average molecular weight is 425 g/mol. The summed E-state index contributed by atoms with van der Waals surface area (Å²) in [4.78, 5) is 14.9. The van der Waals surface area contributed by atoms with Crippen molar-refractivity contribution >= 4 is 40.5 Å². The lowest BCUT2D eigenvalue weighted by atomic mass is 10.2. The van der Waals surface area contributed by atoms with Crippen molar-refractivity contribution < 1.29 is 19.0 Å². The van der Waals surface area contributed by atoms with Crippen molar-refractivity contribution in [3.05, 3.63) is 46.4 Å². The largest absolute Gasteiger partial charge is 0.497 e. The molecule has 1 saturated heterocycles. The molecule has 150 valence electrons. The summed E-state index contributed by atoms with van der Waals surface area (Å²) in [5.41, 5.74) is 1.57. The molecule has 2 aromatic rings. The van der Waals surface area contributed by atoms with E-state index in [-0.39, 0.29) is 5.91 Å². The van der Waals surface area contributed by atoms with Gasteiger partial charge >= 0.3 is 0 Å². The molecule has 8 heteroatoms. The first kappa shape index (κ1) is 20.6. The lowest BCUT2D eigenvalue weighted by Crippen LogP contribution is -2.37. The van der Waals surface area contributed by atoms with Crippen LogP contribution >= 0.6 is 23.2 Å². The number of methoxy groups -OCH3 is 1. The van der Waals surface area contributed by atoms with Crippen molar-refractivity contribution in [1.82, 2.24) is 0 Å². The fourth-order valence-corrected chi connectivity index (χ4v) is 3.32. The van der Waals surface area contributed by atoms with Crippen LogP contribution in [0.4, 0.5) is 11.4 Å². The van der Waals surface area contributed by atoms with Gasteiger partial charge in [0.25, 0.3) is 5.91 Å². The molecular weight excluding hydrogens is 403 g/mol. The number of anilines is 2. The fourth-order valence-electron chi connectivity index (χ4n) is 2.87. The van der Waals surface area contributed by atoms with Crippen molar-refractivity contribution in [3.8, 4) is 11.5 Å². The number of amides is 1. The molecule has 1 N–H and O–H groups in total. The van der Waals surface area contributed by atoms with Crippen molar-refractivity contribution in [2.45, 2.75) is 13.0 Å². The minimum Gasteiger partial charge on any atom is -0.497 e. The molecule has 3 rings (SSSR count). The lowest BCUT2D eigenvalue weighted by molar-refractivity contribution is -0.122. The van der Waals surface area contributed by atoms with Gasteiger partial charge in [0.05, 0.1) is 36.7 Å². The van der Waals surface area contributed by atoms with Crippen molar-refractivity contribution in [3.63, 3.8) is 0 Å². The quantitative estimate of drug-likeness (QED) is 0.750. The Balaban J connectivity index is 1.76. The molecule has 1 heterocycles. The molecule has 1 aliphatic heterocycles. The minimum absolute atomic E-state index is 0.297. The second-order valence-electron chi connectivity index (χ2n) is 6.31. The molecule has 1 atom stereocenters. The highest BCUT2D eigenvalue weighted by Gasteiger charge is 2.21. The Labute approximate surface area is 174 Å². The molecule has 0 spiro atoms. The summed E-state index contributed by atoms with van der Waals surface area (Å²) in [5, 5.41) is 3.79. The summed E-state index contributed by atoms with van der Waals surface area (Å²) >= 11 is 12.0. The third-order valence-electron chi connectivity index (χ3n) is 4.38. The van der Waals surface area contributed by atoms with Crippen LogP contribution in [0.15, 0.2) is 36.4 Å². The molecule has 2 aromatic carbocycles. The third kappa shape index (κ3) is 5.01. The zero-order valence-electron chi connectivity index (χ0n) is 15.7. The van der Waals surface area contributed by atoms with Gasteiger partial charge in [-0.05, 0) is 37.3 Å². The van der Waals surface area contributed by atoms with Crippen LogP contribution in [0.2, 0.25) is 10.0 Å². The van der Waals surface area contributed by atoms with Gasteiger partial charge in [-0.2, -0.15) is 0 Å². The van der Waals surface area contributed by atoms with Crippen molar-refractivity contribution in [1.29, 1.82) is 0 Å². The average Bonchev–Trinajstić information content (AvgIpc) is 2.70. The third-order valence-corrected chi connectivity index (χ3v) is 4.91. The zero-order valence-corrected chi connectivity index (χ0v) is 17.2. The summed E-state index contributed by atoms with van der Waals surface area (Å²) < 4.78 is 16.4. The molecular formula is C20H22Cl2N2O4. The van der Waals surface area contributed by atoms with E-state index in [1.165, 1.54) is 0 Å². The fraction of sp³-hybridized carbons (Fsp3) is 0.350. The number of rotatable bonds is 6. The van der Waals surface area contributed by atoms with E-state index in [9.17, 15) is 4.79 Å². The first-order valence-electron chi connectivity index (χ1n) is 8.91. The predicted molar refractivity (Wildman–Crippen MR) is 111 cm³/mol. The summed E-state index contributed by atoms with van der Waals surface area (Å²) in [6.07, 6.45) is -0.762. The Morgan fingerprint density at radius 2 is 1.93 bits per heavy atom. The standard InChI is InChI=1S/C20H22Cl2N2O4/c1-13(28-19-6-3-14(21)11-16(19)22)20(25)23-17-12-15(26-2)4-5-18(17)24-7-9-27-10-8-24/h3-6,11-13H,7-10H2,1-2H3,(H,23,25)/t13-/m1/s1. The number of carbonyl (C=O) groups excluding carboxylic acids is 1. The molecule has 0 aliphatic carbocycles. The van der Waals surface area contributed by atoms with Crippen LogP contribution in [-0.4, -0.2) is 45.4 Å². The molecule has 0 aromatic heterocycles. The molecule has 6 nitrogen and oxygen atoms in total. The highest BCUT2D eigenvalue weighted by atomic mass is 35.5. The van der Waals surface area contributed by atoms with Gasteiger partial charge in [-0.25, -0.2) is 0 Å². The normalized spacial score (nSPS) is 15.1. The molecule has 0 bridgehead atoms. The Morgan fingerprint density at radius 3 is 2.61 bits per heavy atom. The van der Waals surface area contributed by atoms with Crippen LogP contribution in [0.5, 0.6) is 11.5 Å². The maximum absolute atomic E-state index is 12.7. The first-order chi connectivity index (χ1) is 13.5. The molecule has 0 unspecified atom stereocenters. The number of hydrogen-bond acceptors (Lipinski definition) is 5. The first-order valence-corrected chi connectivity index (χ1v) is 9.67. The van der Waals surface area contributed by atoms with Crippen molar-refractivity contribution in [2.75, 3.05) is 43.6 Å². The second-order valence-corrected chi connectivity index (χ2v) is 7.15. The van der Waals surface area contributed by atoms with Gasteiger partial charge in [0, 0.05) is 24.2 Å². The van der Waals surface area contributed by atoms with E-state index in [0.29, 0.717) is 40.4 Å². The number of benzene rings is 2. The van der Waals surface area contributed by atoms with E-state index < -0.39 is 6.10 Å². The van der Waals surface area contributed by atoms with Gasteiger partial charge in [0.2, 0.25) is 0 Å². The zero-order chi connectivity index (χ0) is 20.1. The Kier molecular flexibility index (Phi) is 6.88. The summed E-state index contributed by atoms with van der Waals surface area (Å²) in [6.45, 7) is 4.46. The highest BCUT2D eigenvalue weighted by molar-refractivity contribution is 6.35. The smallest absolute Gasteiger partial charge is 0.265 e. The monoisotopic (exact) mass is 424 g/mol. The van der Waals surface area contributed by atoms with Crippen LogP contribution in [0.3, 0.4) is 0 Å². The molecule has 28 heavy (non-hydrogen) atoms. The number of halogens is 2. The molecule has 1 fully saturated rings. The van der Waals surface area contributed by atoms with Crippen LogP contribution in [-0.2, 0) is 9.53 Å². The minimum atomic E-state index is -0.762. The molecule has 1 aliphatic rings. The number of morpholine rings is 1. The molecule has 1 amide bonds. The van der Waals surface area contributed by atoms with E-state index in [1.807, 2.05) is 12.1 Å². The van der Waals surface area contributed by atoms with Crippen LogP contribution in [0.25, 0.3) is 0 Å². The predicted octanol–water partition coefficient (Wildman–Crippen LogP) is 4.24. The van der Waals surface area contributed by atoms with E-state index in [2.05, 4.69) is 10.2 Å². The van der Waals surface area contributed by atoms with Gasteiger partial charge in [-0.1, -0.05) is 23.2 Å². The number of nitrogens with one attached hydrogen (secondary N) is 1. The number of hydrogen-bond donors (Lipinski definition) is 1. The van der Waals surface area contributed by atoms with Gasteiger partial charge in [-0.3, -0.25) is 4.79 Å². The van der Waals surface area contributed by atoms with E-state index in [1.54, 1.807) is 38.3 Å². The van der Waals surface area contributed by atoms with Gasteiger partial charge < -0.3 is 24.4 Å². The summed E-state index contributed by atoms with van der Waals surface area (Å²) in [7, 11) is 1.59. The van der Waals surface area contributed by atoms with E-state index >= 15 is 0 Å².